The van der Waals surface area contributed by atoms with E-state index in [0.29, 0.717) is 0 Å². The molecule has 12 nitrogen and oxygen atoms in total. The molecule has 2 aromatic heterocycles. The van der Waals surface area contributed by atoms with E-state index in [1.54, 1.807) is 0 Å². The molecule has 0 saturated carbocycles. The first-order valence-corrected chi connectivity index (χ1v) is 13.6. The number of nitrogens with two attached hydrogens (primary N) is 1. The van der Waals surface area contributed by atoms with E-state index in [1.807, 2.05) is 60.7 Å². The summed E-state index contributed by atoms with van der Waals surface area (Å²) in [5.41, 5.74) is 4.48. The number of anilines is 1. The van der Waals surface area contributed by atoms with Gasteiger partial charge in [-0.2, -0.15) is 4.98 Å². The van der Waals surface area contributed by atoms with Crippen LogP contribution in [-0.4, -0.2) is 70.3 Å². The van der Waals surface area contributed by atoms with Gasteiger partial charge in [0.2, 0.25) is 5.95 Å². The maximum Gasteiger partial charge on any atom is 0.407 e. The molecule has 0 bridgehead atoms. The van der Waals surface area contributed by atoms with E-state index in [4.69, 9.17) is 19.3 Å². The summed E-state index contributed by atoms with van der Waals surface area (Å²) < 4.78 is 20.0. The number of aliphatic hydroxyl groups is 2. The minimum Gasteiger partial charge on any atom is -0.394 e. The van der Waals surface area contributed by atoms with Crippen LogP contribution in [0.5, 0.6) is 0 Å². The third-order valence-electron chi connectivity index (χ3n) is 6.24. The number of aromatic amines is 2. The van der Waals surface area contributed by atoms with Crippen molar-refractivity contribution in [1.82, 2.24) is 19.5 Å². The number of aliphatic hydroxyl groups excluding tert-OH is 2. The highest BCUT2D eigenvalue weighted by Crippen LogP contribution is 2.30. The normalized spacial score (nSPS) is 20.0. The molecule has 1 saturated heterocycles. The van der Waals surface area contributed by atoms with E-state index in [-0.39, 0.29) is 43.4 Å². The lowest BCUT2D eigenvalue weighted by Gasteiger charge is -2.32. The molecule has 0 radical (unpaired) electrons. The van der Waals surface area contributed by atoms with E-state index in [2.05, 4.69) is 15.0 Å². The van der Waals surface area contributed by atoms with Gasteiger partial charge in [-0.25, -0.2) is 9.36 Å². The zero-order valence-electron chi connectivity index (χ0n) is 19.7. The van der Waals surface area contributed by atoms with Gasteiger partial charge in [0.05, 0.1) is 25.9 Å². The van der Waals surface area contributed by atoms with Crippen LogP contribution in [0.15, 0.2) is 70.3 Å². The third-order valence-corrected chi connectivity index (χ3v) is 9.62. The first-order valence-electron chi connectivity index (χ1n) is 11.8. The maximum absolute atomic E-state index is 12.7. The van der Waals surface area contributed by atoms with E-state index >= 15 is 0 Å². The molecule has 2 aromatic carbocycles. The molecule has 37 heavy (non-hydrogen) atoms. The largest absolute Gasteiger partial charge is 0.407 e. The Morgan fingerprint density at radius 2 is 1.70 bits per heavy atom. The standard InChI is InChI=1S/C24H27N5O7Si/c25-23-27-21-20(22(32)28-23)26-24(33)29(21)19-13-17(31)18(36-19)14-35-37(34-12-11-30,15-7-3-1-4-8-15)16-9-5-2-6-10-16/h1-10,17-19,30-31H,11-14H2,(H,26,33)(H3,25,27,28,32)/t17?,18-,19-/m1/s1. The van der Waals surface area contributed by atoms with Crippen LogP contribution in [0.3, 0.4) is 0 Å². The highest BCUT2D eigenvalue weighted by atomic mass is 28.4. The number of nitrogen functional groups attached to an aromatic ring is 1. The number of ether oxygens (including phenoxy) is 1. The molecule has 3 heterocycles. The van der Waals surface area contributed by atoms with Crippen molar-refractivity contribution >= 4 is 36.0 Å². The second kappa shape index (κ2) is 10.4. The Morgan fingerprint density at radius 3 is 2.32 bits per heavy atom. The number of H-pyrrole nitrogens is 2. The van der Waals surface area contributed by atoms with Crippen LogP contribution in [0.25, 0.3) is 11.2 Å². The van der Waals surface area contributed by atoms with Gasteiger partial charge in [-0.1, -0.05) is 60.7 Å². The van der Waals surface area contributed by atoms with Crippen molar-refractivity contribution in [3.05, 3.63) is 81.5 Å². The smallest absolute Gasteiger partial charge is 0.394 e. The monoisotopic (exact) mass is 525 g/mol. The quantitative estimate of drug-likeness (QED) is 0.170. The molecule has 6 N–H and O–H groups in total. The second-order valence-electron chi connectivity index (χ2n) is 8.61. The average molecular weight is 526 g/mol. The third kappa shape index (κ3) is 4.75. The van der Waals surface area contributed by atoms with Crippen LogP contribution in [0, 0.1) is 0 Å². The minimum atomic E-state index is -3.32. The Labute approximate surface area is 211 Å². The van der Waals surface area contributed by atoms with Crippen molar-refractivity contribution in [3.63, 3.8) is 0 Å². The summed E-state index contributed by atoms with van der Waals surface area (Å²) in [6.07, 6.45) is -2.62. The molecule has 194 valence electrons. The predicted octanol–water partition coefficient (Wildman–Crippen LogP) is -1.07. The summed E-state index contributed by atoms with van der Waals surface area (Å²) in [5, 5.41) is 22.0. The number of hydrogen-bond donors (Lipinski definition) is 5. The van der Waals surface area contributed by atoms with Crippen molar-refractivity contribution in [3.8, 4) is 0 Å². The highest BCUT2D eigenvalue weighted by Gasteiger charge is 2.45. The Hall–Kier alpha value is -3.59. The molecule has 1 aliphatic rings. The van der Waals surface area contributed by atoms with E-state index in [9.17, 15) is 19.8 Å². The first kappa shape index (κ1) is 25.1. The molecule has 0 amide bonds. The Morgan fingerprint density at radius 1 is 1.05 bits per heavy atom. The molecular formula is C24H27N5O7Si. The van der Waals surface area contributed by atoms with Crippen molar-refractivity contribution in [2.75, 3.05) is 25.6 Å². The van der Waals surface area contributed by atoms with Crippen molar-refractivity contribution < 1.29 is 23.8 Å². The summed E-state index contributed by atoms with van der Waals surface area (Å²) in [5.74, 6) is -0.147. The number of nitrogens with zero attached hydrogens (tertiary/aromatic N) is 2. The van der Waals surface area contributed by atoms with Gasteiger partial charge in [-0.05, 0) is 10.4 Å². The molecule has 1 unspecified atom stereocenters. The number of nitrogens with one attached hydrogen (secondary N) is 2. The van der Waals surface area contributed by atoms with E-state index in [1.165, 1.54) is 4.57 Å². The first-order chi connectivity index (χ1) is 17.9. The van der Waals surface area contributed by atoms with Gasteiger partial charge in [0, 0.05) is 6.42 Å². The summed E-state index contributed by atoms with van der Waals surface area (Å²) in [6, 6.07) is 18.9. The topological polar surface area (TPSA) is 178 Å². The van der Waals surface area contributed by atoms with Crippen molar-refractivity contribution in [2.45, 2.75) is 24.9 Å². The fourth-order valence-electron chi connectivity index (χ4n) is 4.56. The Balaban J connectivity index is 1.45. The van der Waals surface area contributed by atoms with Gasteiger partial charge >= 0.3 is 14.3 Å². The molecule has 0 aliphatic carbocycles. The molecule has 4 aromatic rings. The van der Waals surface area contributed by atoms with Gasteiger partial charge in [0.15, 0.2) is 11.2 Å². The lowest BCUT2D eigenvalue weighted by atomic mass is 10.2. The van der Waals surface area contributed by atoms with Crippen LogP contribution in [0.1, 0.15) is 12.6 Å². The van der Waals surface area contributed by atoms with E-state index in [0.717, 1.165) is 10.4 Å². The molecule has 3 atom stereocenters. The number of rotatable bonds is 9. The number of benzene rings is 2. The lowest BCUT2D eigenvalue weighted by Crippen LogP contribution is -2.64. The van der Waals surface area contributed by atoms with Gasteiger partial charge in [-0.3, -0.25) is 14.8 Å². The van der Waals surface area contributed by atoms with Crippen LogP contribution in [0.4, 0.5) is 5.95 Å². The summed E-state index contributed by atoms with van der Waals surface area (Å²) in [6.45, 7) is -0.188. The zero-order chi connectivity index (χ0) is 26.0. The molecule has 13 heteroatoms. The fourth-order valence-corrected chi connectivity index (χ4v) is 7.69. The number of fused-ring (bicyclic) bond motifs is 1. The molecule has 5 rings (SSSR count). The van der Waals surface area contributed by atoms with Gasteiger partial charge < -0.3 is 29.5 Å². The fraction of sp³-hybridized carbons (Fsp3) is 0.292. The molecular weight excluding hydrogens is 498 g/mol. The van der Waals surface area contributed by atoms with Gasteiger partial charge in [-0.15, -0.1) is 0 Å². The SMILES string of the molecule is Nc1nc2c([nH]c(=O)n2[C@H]2CC(O)[C@@H](CO[Si](OCCO)(c3ccccc3)c3ccccc3)O2)c(=O)[nH]1. The van der Waals surface area contributed by atoms with Crippen LogP contribution >= 0.6 is 0 Å². The minimum absolute atomic E-state index is 0.0334. The Bertz CT molecular complexity index is 1430. The molecule has 1 aliphatic heterocycles. The lowest BCUT2D eigenvalue weighted by molar-refractivity contribution is -0.0444. The Kier molecular flexibility index (Phi) is 7.06. The summed E-state index contributed by atoms with van der Waals surface area (Å²) in [7, 11) is -3.32. The second-order valence-corrected chi connectivity index (χ2v) is 11.6. The van der Waals surface area contributed by atoms with Crippen LogP contribution in [-0.2, 0) is 13.6 Å². The number of imidazole rings is 1. The van der Waals surface area contributed by atoms with E-state index < -0.39 is 38.2 Å². The van der Waals surface area contributed by atoms with Crippen LogP contribution < -0.4 is 27.4 Å². The molecule has 1 fully saturated rings. The number of aromatic nitrogens is 4. The highest BCUT2D eigenvalue weighted by molar-refractivity contribution is 6.92. The maximum atomic E-state index is 12.7. The van der Waals surface area contributed by atoms with Gasteiger partial charge in [0.1, 0.15) is 12.3 Å². The number of hydrogen-bond acceptors (Lipinski definition) is 9. The summed E-state index contributed by atoms with van der Waals surface area (Å²) in [4.78, 5) is 33.7. The predicted molar refractivity (Wildman–Crippen MR) is 137 cm³/mol. The zero-order valence-corrected chi connectivity index (χ0v) is 20.7. The van der Waals surface area contributed by atoms with Gasteiger partial charge in [0.25, 0.3) is 5.56 Å². The van der Waals surface area contributed by atoms with Crippen LogP contribution in [0.2, 0.25) is 0 Å². The average Bonchev–Trinajstić information content (AvgIpc) is 3.44. The van der Waals surface area contributed by atoms with Crippen molar-refractivity contribution in [1.29, 1.82) is 0 Å². The van der Waals surface area contributed by atoms with Crippen molar-refractivity contribution in [2.24, 2.45) is 0 Å². The molecule has 0 spiro atoms. The summed E-state index contributed by atoms with van der Waals surface area (Å²) >= 11 is 0.